The zero-order valence-corrected chi connectivity index (χ0v) is 11.6. The Bertz CT molecular complexity index is 401. The fourth-order valence-electron chi connectivity index (χ4n) is 1.64. The van der Waals surface area contributed by atoms with E-state index in [2.05, 4.69) is 12.2 Å². The number of nitrogens with two attached hydrogens (primary N) is 1. The molecule has 0 heterocycles. The molecule has 0 aliphatic heterocycles. The average Bonchev–Trinajstić information content (AvgIpc) is 2.35. The lowest BCUT2D eigenvalue weighted by atomic mass is 10.1. The topological polar surface area (TPSA) is 55.1 Å². The molecule has 0 saturated carbocycles. The molecule has 18 heavy (non-hydrogen) atoms. The van der Waals surface area contributed by atoms with Crippen molar-refractivity contribution < 1.29 is 4.79 Å². The lowest BCUT2D eigenvalue weighted by Crippen LogP contribution is -2.26. The molecule has 0 fully saturated rings. The predicted octanol–water partition coefficient (Wildman–Crippen LogP) is 2.17. The number of carbonyl (C=O) groups excluding carboxylic acids is 1. The van der Waals surface area contributed by atoms with Crippen LogP contribution in [0.5, 0.6) is 0 Å². The van der Waals surface area contributed by atoms with Crippen molar-refractivity contribution in [2.45, 2.75) is 32.6 Å². The zero-order chi connectivity index (χ0) is 13.4. The number of benzene rings is 1. The van der Waals surface area contributed by atoms with E-state index in [0.29, 0.717) is 11.4 Å². The van der Waals surface area contributed by atoms with E-state index in [4.69, 9.17) is 18.0 Å². The van der Waals surface area contributed by atoms with Crippen LogP contribution in [0, 0.1) is 0 Å². The normalized spacial score (nSPS) is 10.1. The average molecular weight is 264 g/mol. The summed E-state index contributed by atoms with van der Waals surface area (Å²) < 4.78 is 0. The summed E-state index contributed by atoms with van der Waals surface area (Å²) in [6.07, 6.45) is 3.77. The van der Waals surface area contributed by atoms with Crippen LogP contribution in [0.3, 0.4) is 0 Å². The van der Waals surface area contributed by atoms with Gasteiger partial charge in [-0.3, -0.25) is 4.79 Å². The molecular formula is C14H20N2OS. The molecule has 98 valence electrons. The Kier molecular flexibility index (Phi) is 6.36. The molecule has 1 aromatic carbocycles. The first-order valence-electron chi connectivity index (χ1n) is 6.29. The van der Waals surface area contributed by atoms with E-state index in [-0.39, 0.29) is 5.91 Å². The highest BCUT2D eigenvalue weighted by Crippen LogP contribution is 2.05. The van der Waals surface area contributed by atoms with Crippen molar-refractivity contribution in [3.8, 4) is 0 Å². The number of carbonyl (C=O) groups is 1. The number of unbranched alkanes of at least 4 members (excludes halogenated alkanes) is 2. The highest BCUT2D eigenvalue weighted by atomic mass is 32.1. The van der Waals surface area contributed by atoms with Gasteiger partial charge in [-0.2, -0.15) is 0 Å². The van der Waals surface area contributed by atoms with Crippen molar-refractivity contribution in [3.05, 3.63) is 35.4 Å². The Morgan fingerprint density at radius 3 is 2.50 bits per heavy atom. The first-order valence-corrected chi connectivity index (χ1v) is 6.69. The summed E-state index contributed by atoms with van der Waals surface area (Å²) in [7, 11) is 0. The van der Waals surface area contributed by atoms with Gasteiger partial charge in [0.2, 0.25) is 5.91 Å². The van der Waals surface area contributed by atoms with Gasteiger partial charge in [0.05, 0.1) is 6.42 Å². The largest absolute Gasteiger partial charge is 0.389 e. The summed E-state index contributed by atoms with van der Waals surface area (Å²) in [6, 6.07) is 7.48. The summed E-state index contributed by atoms with van der Waals surface area (Å²) in [4.78, 5) is 12.0. The van der Waals surface area contributed by atoms with E-state index >= 15 is 0 Å². The molecule has 0 unspecified atom stereocenters. The van der Waals surface area contributed by atoms with Crippen molar-refractivity contribution in [1.29, 1.82) is 0 Å². The van der Waals surface area contributed by atoms with Gasteiger partial charge in [-0.25, -0.2) is 0 Å². The Labute approximate surface area is 114 Å². The van der Waals surface area contributed by atoms with Crippen LogP contribution < -0.4 is 11.1 Å². The summed E-state index contributed by atoms with van der Waals surface area (Å²) in [5, 5.41) is 2.91. The molecule has 0 atom stereocenters. The Morgan fingerprint density at radius 2 is 1.94 bits per heavy atom. The second-order valence-corrected chi connectivity index (χ2v) is 4.73. The first kappa shape index (κ1) is 14.6. The molecule has 0 radical (unpaired) electrons. The summed E-state index contributed by atoms with van der Waals surface area (Å²) in [5.74, 6) is 0.0641. The van der Waals surface area contributed by atoms with Crippen molar-refractivity contribution in [1.82, 2.24) is 5.32 Å². The van der Waals surface area contributed by atoms with Gasteiger partial charge in [-0.15, -0.1) is 0 Å². The first-order chi connectivity index (χ1) is 8.63. The number of thiocarbonyl (C=S) groups is 1. The molecule has 4 heteroatoms. The number of nitrogens with one attached hydrogen (secondary N) is 1. The highest BCUT2D eigenvalue weighted by Gasteiger charge is 2.03. The van der Waals surface area contributed by atoms with Crippen LogP contribution in [0.1, 0.15) is 37.3 Å². The van der Waals surface area contributed by atoms with Crippen LogP contribution in [-0.2, 0) is 11.2 Å². The maximum Gasteiger partial charge on any atom is 0.224 e. The van der Waals surface area contributed by atoms with Gasteiger partial charge in [0.1, 0.15) is 4.99 Å². The fourth-order valence-corrected chi connectivity index (χ4v) is 1.77. The second kappa shape index (κ2) is 7.82. The third kappa shape index (κ3) is 5.27. The fraction of sp³-hybridized carbons (Fsp3) is 0.429. The van der Waals surface area contributed by atoms with Gasteiger partial charge < -0.3 is 11.1 Å². The molecule has 1 amide bonds. The molecule has 1 aromatic rings. The van der Waals surface area contributed by atoms with Crippen molar-refractivity contribution in [2.24, 2.45) is 5.73 Å². The van der Waals surface area contributed by atoms with Gasteiger partial charge in [-0.05, 0) is 12.0 Å². The van der Waals surface area contributed by atoms with Crippen LogP contribution in [0.15, 0.2) is 24.3 Å². The maximum atomic E-state index is 11.6. The number of rotatable bonds is 7. The molecule has 0 aliphatic rings. The van der Waals surface area contributed by atoms with Gasteiger partial charge in [0.15, 0.2) is 0 Å². The monoisotopic (exact) mass is 264 g/mol. The summed E-state index contributed by atoms with van der Waals surface area (Å²) in [6.45, 7) is 2.91. The van der Waals surface area contributed by atoms with Crippen LogP contribution in [0.4, 0.5) is 0 Å². The lowest BCUT2D eigenvalue weighted by molar-refractivity contribution is -0.120. The standard InChI is InChI=1S/C14H20N2OS/c1-2-3-4-9-16-13(17)10-11-5-7-12(8-6-11)14(15)18/h5-8H,2-4,9-10H2,1H3,(H2,15,18)(H,16,17). The van der Waals surface area contributed by atoms with Crippen molar-refractivity contribution in [2.75, 3.05) is 6.54 Å². The molecule has 1 rings (SSSR count). The van der Waals surface area contributed by atoms with E-state index in [1.54, 1.807) is 0 Å². The molecule has 0 bridgehead atoms. The van der Waals surface area contributed by atoms with Crippen LogP contribution in [0.2, 0.25) is 0 Å². The highest BCUT2D eigenvalue weighted by molar-refractivity contribution is 7.80. The summed E-state index contributed by atoms with van der Waals surface area (Å²) in [5.41, 5.74) is 7.32. The molecule has 3 N–H and O–H groups in total. The second-order valence-electron chi connectivity index (χ2n) is 4.30. The van der Waals surface area contributed by atoms with Gasteiger partial charge in [0, 0.05) is 12.1 Å². The molecule has 0 aromatic heterocycles. The molecule has 0 aliphatic carbocycles. The molecule has 0 spiro atoms. The SMILES string of the molecule is CCCCCNC(=O)Cc1ccc(C(N)=S)cc1. The number of hydrogen-bond acceptors (Lipinski definition) is 2. The van der Waals surface area contributed by atoms with E-state index in [1.165, 1.54) is 0 Å². The van der Waals surface area contributed by atoms with Crippen LogP contribution in [0.25, 0.3) is 0 Å². The third-order valence-corrected chi connectivity index (χ3v) is 2.94. The number of amides is 1. The maximum absolute atomic E-state index is 11.6. The Morgan fingerprint density at radius 1 is 1.28 bits per heavy atom. The van der Waals surface area contributed by atoms with Crippen LogP contribution >= 0.6 is 12.2 Å². The van der Waals surface area contributed by atoms with E-state index in [1.807, 2.05) is 24.3 Å². The minimum atomic E-state index is 0.0641. The molecule has 0 saturated heterocycles. The van der Waals surface area contributed by atoms with Gasteiger partial charge >= 0.3 is 0 Å². The van der Waals surface area contributed by atoms with Crippen LogP contribution in [-0.4, -0.2) is 17.4 Å². The molecular weight excluding hydrogens is 244 g/mol. The Hall–Kier alpha value is -1.42. The van der Waals surface area contributed by atoms with E-state index in [0.717, 1.165) is 36.9 Å². The van der Waals surface area contributed by atoms with Gasteiger partial charge in [-0.1, -0.05) is 56.2 Å². The van der Waals surface area contributed by atoms with E-state index in [9.17, 15) is 4.79 Å². The van der Waals surface area contributed by atoms with E-state index < -0.39 is 0 Å². The van der Waals surface area contributed by atoms with Crippen molar-refractivity contribution >= 4 is 23.1 Å². The zero-order valence-electron chi connectivity index (χ0n) is 10.7. The quantitative estimate of drug-likeness (QED) is 0.586. The summed E-state index contributed by atoms with van der Waals surface area (Å²) >= 11 is 4.87. The van der Waals surface area contributed by atoms with Crippen molar-refractivity contribution in [3.63, 3.8) is 0 Å². The lowest BCUT2D eigenvalue weighted by Gasteiger charge is -2.05. The predicted molar refractivity (Wildman–Crippen MR) is 78.6 cm³/mol. The smallest absolute Gasteiger partial charge is 0.224 e. The Balaban J connectivity index is 2.37. The minimum Gasteiger partial charge on any atom is -0.389 e. The third-order valence-electron chi connectivity index (χ3n) is 2.71. The minimum absolute atomic E-state index is 0.0641. The number of hydrogen-bond donors (Lipinski definition) is 2. The molecule has 3 nitrogen and oxygen atoms in total. The van der Waals surface area contributed by atoms with Gasteiger partial charge in [0.25, 0.3) is 0 Å².